The zero-order valence-electron chi connectivity index (χ0n) is 12.4. The summed E-state index contributed by atoms with van der Waals surface area (Å²) in [6.45, 7) is 1.94. The second-order valence-electron chi connectivity index (χ2n) is 5.38. The van der Waals surface area contributed by atoms with Gasteiger partial charge in [0.25, 0.3) is 0 Å². The second-order valence-corrected chi connectivity index (χ2v) is 5.38. The van der Waals surface area contributed by atoms with Crippen LogP contribution >= 0.6 is 0 Å². The molecule has 0 bridgehead atoms. The van der Waals surface area contributed by atoms with Crippen LogP contribution in [-0.4, -0.2) is 23.3 Å². The number of hydrogen-bond acceptors (Lipinski definition) is 3. The number of fused-ring (bicyclic) bond motifs is 1. The number of pyridine rings is 1. The lowest BCUT2D eigenvalue weighted by molar-refractivity contribution is -0.121. The number of carbonyl (C=O) groups is 2. The van der Waals surface area contributed by atoms with Gasteiger partial charge in [0.05, 0.1) is 0 Å². The first kappa shape index (κ1) is 14.3. The van der Waals surface area contributed by atoms with Crippen LogP contribution in [0.25, 0.3) is 0 Å². The molecule has 0 fully saturated rings. The van der Waals surface area contributed by atoms with Gasteiger partial charge in [0.15, 0.2) is 0 Å². The third-order valence-corrected chi connectivity index (χ3v) is 3.67. The Morgan fingerprint density at radius 2 is 2.05 bits per heavy atom. The van der Waals surface area contributed by atoms with Gasteiger partial charge in [-0.1, -0.05) is 24.3 Å². The van der Waals surface area contributed by atoms with Gasteiger partial charge in [0.1, 0.15) is 12.4 Å². The number of hydrogen-bond donors (Lipinski definition) is 1. The maximum atomic E-state index is 12.2. The standard InChI is InChI=1S/C17H17N3O2/c1-12-6-8-15(18-10-12)19-16(21)11-20-14-5-3-2-4-13(14)7-9-17(20)22/h2-6,8,10H,7,9,11H2,1H3,(H,18,19,21). The summed E-state index contributed by atoms with van der Waals surface area (Å²) in [4.78, 5) is 30.0. The van der Waals surface area contributed by atoms with Crippen molar-refractivity contribution in [2.75, 3.05) is 16.8 Å². The normalized spacial score (nSPS) is 13.7. The number of anilines is 2. The van der Waals surface area contributed by atoms with E-state index < -0.39 is 0 Å². The zero-order valence-corrected chi connectivity index (χ0v) is 12.4. The van der Waals surface area contributed by atoms with Gasteiger partial charge in [-0.05, 0) is 36.6 Å². The van der Waals surface area contributed by atoms with Crippen LogP contribution in [0.3, 0.4) is 0 Å². The molecule has 2 heterocycles. The zero-order chi connectivity index (χ0) is 15.5. The number of nitrogens with one attached hydrogen (secondary N) is 1. The number of rotatable bonds is 3. The lowest BCUT2D eigenvalue weighted by Crippen LogP contribution is -2.40. The van der Waals surface area contributed by atoms with E-state index in [1.807, 2.05) is 37.3 Å². The summed E-state index contributed by atoms with van der Waals surface area (Å²) >= 11 is 0. The molecule has 2 aromatic rings. The maximum Gasteiger partial charge on any atom is 0.245 e. The summed E-state index contributed by atoms with van der Waals surface area (Å²) in [5.41, 5.74) is 2.95. The SMILES string of the molecule is Cc1ccc(NC(=O)CN2C(=O)CCc3ccccc32)nc1. The van der Waals surface area contributed by atoms with Crippen molar-refractivity contribution < 1.29 is 9.59 Å². The van der Waals surface area contributed by atoms with E-state index in [0.717, 1.165) is 23.2 Å². The van der Waals surface area contributed by atoms with E-state index >= 15 is 0 Å². The van der Waals surface area contributed by atoms with Crippen LogP contribution in [0.4, 0.5) is 11.5 Å². The lowest BCUT2D eigenvalue weighted by Gasteiger charge is -2.28. The number of aryl methyl sites for hydroxylation is 2. The van der Waals surface area contributed by atoms with Crippen molar-refractivity contribution in [2.24, 2.45) is 0 Å². The second kappa shape index (κ2) is 5.97. The summed E-state index contributed by atoms with van der Waals surface area (Å²) in [6.07, 6.45) is 2.86. The molecule has 22 heavy (non-hydrogen) atoms. The van der Waals surface area contributed by atoms with Crippen LogP contribution in [0, 0.1) is 6.92 Å². The van der Waals surface area contributed by atoms with Gasteiger partial charge in [-0.25, -0.2) is 4.98 Å². The molecule has 112 valence electrons. The first-order valence-corrected chi connectivity index (χ1v) is 7.24. The number of carbonyl (C=O) groups excluding carboxylic acids is 2. The van der Waals surface area contributed by atoms with Crippen molar-refractivity contribution in [2.45, 2.75) is 19.8 Å². The molecule has 0 aliphatic carbocycles. The highest BCUT2D eigenvalue weighted by Crippen LogP contribution is 2.27. The van der Waals surface area contributed by atoms with Gasteiger partial charge in [0.2, 0.25) is 11.8 Å². The Bertz CT molecular complexity index is 710. The lowest BCUT2D eigenvalue weighted by atomic mass is 10.0. The van der Waals surface area contributed by atoms with Gasteiger partial charge in [-0.15, -0.1) is 0 Å². The van der Waals surface area contributed by atoms with E-state index in [2.05, 4.69) is 10.3 Å². The number of amides is 2. The van der Waals surface area contributed by atoms with Gasteiger partial charge in [0, 0.05) is 18.3 Å². The van der Waals surface area contributed by atoms with E-state index in [-0.39, 0.29) is 18.4 Å². The fourth-order valence-corrected chi connectivity index (χ4v) is 2.54. The molecule has 5 heteroatoms. The predicted octanol–water partition coefficient (Wildman–Crippen LogP) is 2.31. The summed E-state index contributed by atoms with van der Waals surface area (Å²) in [6, 6.07) is 11.3. The maximum absolute atomic E-state index is 12.2. The van der Waals surface area contributed by atoms with Gasteiger partial charge in [-0.3, -0.25) is 9.59 Å². The van der Waals surface area contributed by atoms with Crippen LogP contribution in [0.1, 0.15) is 17.5 Å². The topological polar surface area (TPSA) is 62.3 Å². The predicted molar refractivity (Wildman–Crippen MR) is 84.7 cm³/mol. The molecule has 2 amide bonds. The Labute approximate surface area is 129 Å². The largest absolute Gasteiger partial charge is 0.309 e. The van der Waals surface area contributed by atoms with Crippen LogP contribution in [0.2, 0.25) is 0 Å². The summed E-state index contributed by atoms with van der Waals surface area (Å²) in [5.74, 6) is 0.223. The van der Waals surface area contributed by atoms with Crippen molar-refractivity contribution in [3.63, 3.8) is 0 Å². The Hall–Kier alpha value is -2.69. The minimum Gasteiger partial charge on any atom is -0.309 e. The van der Waals surface area contributed by atoms with E-state index in [1.54, 1.807) is 17.2 Å². The fourth-order valence-electron chi connectivity index (χ4n) is 2.54. The number of para-hydroxylation sites is 1. The molecule has 1 N–H and O–H groups in total. The monoisotopic (exact) mass is 295 g/mol. The Morgan fingerprint density at radius 1 is 1.23 bits per heavy atom. The summed E-state index contributed by atoms with van der Waals surface area (Å²) in [7, 11) is 0. The van der Waals surface area contributed by atoms with Gasteiger partial charge < -0.3 is 10.2 Å². The number of benzene rings is 1. The molecule has 0 saturated carbocycles. The first-order valence-electron chi connectivity index (χ1n) is 7.24. The Morgan fingerprint density at radius 3 is 2.82 bits per heavy atom. The number of nitrogens with zero attached hydrogens (tertiary/aromatic N) is 2. The van der Waals surface area contributed by atoms with Crippen LogP contribution in [0.5, 0.6) is 0 Å². The highest BCUT2D eigenvalue weighted by molar-refractivity contribution is 6.03. The van der Waals surface area contributed by atoms with E-state index in [4.69, 9.17) is 0 Å². The third kappa shape index (κ3) is 2.98. The molecule has 0 atom stereocenters. The molecule has 0 radical (unpaired) electrons. The molecular formula is C17H17N3O2. The highest BCUT2D eigenvalue weighted by atomic mass is 16.2. The Balaban J connectivity index is 1.73. The van der Waals surface area contributed by atoms with Crippen LogP contribution in [-0.2, 0) is 16.0 Å². The molecule has 5 nitrogen and oxygen atoms in total. The van der Waals surface area contributed by atoms with Crippen LogP contribution < -0.4 is 10.2 Å². The molecular weight excluding hydrogens is 278 g/mol. The van der Waals surface area contributed by atoms with Crippen molar-refractivity contribution in [1.29, 1.82) is 0 Å². The fraction of sp³-hybridized carbons (Fsp3) is 0.235. The minimum atomic E-state index is -0.249. The average molecular weight is 295 g/mol. The molecule has 0 saturated heterocycles. The van der Waals surface area contributed by atoms with Gasteiger partial charge in [-0.2, -0.15) is 0 Å². The van der Waals surface area contributed by atoms with Gasteiger partial charge >= 0.3 is 0 Å². The molecule has 1 aromatic heterocycles. The smallest absolute Gasteiger partial charge is 0.245 e. The van der Waals surface area contributed by atoms with Crippen molar-refractivity contribution >= 4 is 23.3 Å². The molecule has 0 unspecified atom stereocenters. The van der Waals surface area contributed by atoms with E-state index in [9.17, 15) is 9.59 Å². The number of aromatic nitrogens is 1. The molecule has 3 rings (SSSR count). The average Bonchev–Trinajstić information content (AvgIpc) is 2.52. The third-order valence-electron chi connectivity index (χ3n) is 3.67. The minimum absolute atomic E-state index is 0.00536. The molecule has 0 spiro atoms. The molecule has 1 aliphatic rings. The Kier molecular flexibility index (Phi) is 3.87. The first-order chi connectivity index (χ1) is 10.6. The summed E-state index contributed by atoms with van der Waals surface area (Å²) < 4.78 is 0. The van der Waals surface area contributed by atoms with Crippen molar-refractivity contribution in [3.8, 4) is 0 Å². The highest BCUT2D eigenvalue weighted by Gasteiger charge is 2.25. The molecule has 1 aromatic carbocycles. The van der Waals surface area contributed by atoms with E-state index in [0.29, 0.717) is 12.2 Å². The van der Waals surface area contributed by atoms with Crippen molar-refractivity contribution in [3.05, 3.63) is 53.7 Å². The van der Waals surface area contributed by atoms with Crippen LogP contribution in [0.15, 0.2) is 42.6 Å². The van der Waals surface area contributed by atoms with E-state index in [1.165, 1.54) is 0 Å². The summed E-state index contributed by atoms with van der Waals surface area (Å²) in [5, 5.41) is 2.72. The quantitative estimate of drug-likeness (QED) is 0.945. The molecule has 1 aliphatic heterocycles. The van der Waals surface area contributed by atoms with Crippen molar-refractivity contribution in [1.82, 2.24) is 4.98 Å².